The molecule has 0 spiro atoms. The van der Waals surface area contributed by atoms with E-state index in [0.717, 1.165) is 0 Å². The van der Waals surface area contributed by atoms with E-state index in [1.54, 1.807) is 13.8 Å². The lowest BCUT2D eigenvalue weighted by Crippen LogP contribution is -2.59. The summed E-state index contributed by atoms with van der Waals surface area (Å²) < 4.78 is 4.96. The van der Waals surface area contributed by atoms with Crippen molar-refractivity contribution in [3.8, 4) is 0 Å². The van der Waals surface area contributed by atoms with Crippen molar-refractivity contribution in [3.05, 3.63) is 0 Å². The summed E-state index contributed by atoms with van der Waals surface area (Å²) in [5.41, 5.74) is 4.97. The van der Waals surface area contributed by atoms with Crippen molar-refractivity contribution in [1.29, 1.82) is 0 Å². The molecule has 0 aromatic heterocycles. The van der Waals surface area contributed by atoms with Gasteiger partial charge in [-0.3, -0.25) is 0 Å². The van der Waals surface area contributed by atoms with Crippen LogP contribution in [0.25, 0.3) is 0 Å². The summed E-state index contributed by atoms with van der Waals surface area (Å²) in [6, 6.07) is 0. The van der Waals surface area contributed by atoms with E-state index in [4.69, 9.17) is 15.6 Å². The van der Waals surface area contributed by atoms with Gasteiger partial charge in [-0.2, -0.15) is 0 Å². The van der Waals surface area contributed by atoms with E-state index in [1.165, 1.54) is 0 Å². The molecule has 0 amide bonds. The van der Waals surface area contributed by atoms with Crippen LogP contribution in [-0.2, 0) is 4.74 Å². The molecule has 4 atom stereocenters. The third-order valence-electron chi connectivity index (χ3n) is 2.11. The van der Waals surface area contributed by atoms with Crippen LogP contribution in [0.4, 0.5) is 0 Å². The highest BCUT2D eigenvalue weighted by atomic mass is 16.6. The number of aliphatic hydroxyl groups excluding tert-OH is 2. The van der Waals surface area contributed by atoms with Gasteiger partial charge in [-0.05, 0) is 13.8 Å². The first kappa shape index (κ1) is 8.93. The van der Waals surface area contributed by atoms with Gasteiger partial charge in [-0.1, -0.05) is 0 Å². The molecule has 1 fully saturated rings. The molecular formula is C7H15NO3. The first-order chi connectivity index (χ1) is 4.93. The number of rotatable bonds is 0. The molecule has 1 rings (SSSR count). The fourth-order valence-corrected chi connectivity index (χ4v) is 1.40. The molecule has 0 radical (unpaired) electrons. The third kappa shape index (κ3) is 1.70. The van der Waals surface area contributed by atoms with Crippen molar-refractivity contribution >= 4 is 0 Å². The number of hydrogen-bond acceptors (Lipinski definition) is 4. The predicted molar refractivity (Wildman–Crippen MR) is 39.8 cm³/mol. The van der Waals surface area contributed by atoms with Gasteiger partial charge in [0.25, 0.3) is 0 Å². The van der Waals surface area contributed by atoms with Crippen molar-refractivity contribution in [2.24, 2.45) is 5.73 Å². The highest BCUT2D eigenvalue weighted by molar-refractivity contribution is 4.94. The molecule has 1 aliphatic rings. The molecule has 0 saturated carbocycles. The Morgan fingerprint density at radius 2 is 2.09 bits per heavy atom. The molecule has 4 heteroatoms. The lowest BCUT2D eigenvalue weighted by atomic mass is 9.86. The smallest absolute Gasteiger partial charge is 0.156 e. The van der Waals surface area contributed by atoms with E-state index >= 15 is 0 Å². The SMILES string of the molecule is C[C@@H]1O[C@@H](O)C[C@](C)(N)[C@H]1O. The quantitative estimate of drug-likeness (QED) is 0.434. The van der Waals surface area contributed by atoms with Crippen molar-refractivity contribution in [2.45, 2.75) is 44.3 Å². The minimum atomic E-state index is -0.844. The van der Waals surface area contributed by atoms with E-state index in [2.05, 4.69) is 0 Å². The van der Waals surface area contributed by atoms with Crippen molar-refractivity contribution in [2.75, 3.05) is 0 Å². The molecule has 1 saturated heterocycles. The maximum Gasteiger partial charge on any atom is 0.156 e. The average molecular weight is 161 g/mol. The van der Waals surface area contributed by atoms with Crippen LogP contribution in [0, 0.1) is 0 Å². The van der Waals surface area contributed by atoms with Crippen LogP contribution in [0.3, 0.4) is 0 Å². The zero-order chi connectivity index (χ0) is 8.65. The monoisotopic (exact) mass is 161 g/mol. The molecule has 0 aliphatic carbocycles. The largest absolute Gasteiger partial charge is 0.389 e. The summed E-state index contributed by atoms with van der Waals surface area (Å²) in [5, 5.41) is 18.6. The van der Waals surface area contributed by atoms with Gasteiger partial charge in [-0.25, -0.2) is 0 Å². The Bertz CT molecular complexity index is 149. The summed E-state index contributed by atoms with van der Waals surface area (Å²) in [6.45, 7) is 3.40. The third-order valence-corrected chi connectivity index (χ3v) is 2.11. The summed E-state index contributed by atoms with van der Waals surface area (Å²) in [4.78, 5) is 0. The lowest BCUT2D eigenvalue weighted by Gasteiger charge is -2.41. The molecular weight excluding hydrogens is 146 g/mol. The minimum absolute atomic E-state index is 0.276. The van der Waals surface area contributed by atoms with Gasteiger partial charge in [0.05, 0.1) is 12.2 Å². The second-order valence-electron chi connectivity index (χ2n) is 3.45. The van der Waals surface area contributed by atoms with E-state index in [9.17, 15) is 5.11 Å². The number of nitrogens with two attached hydrogens (primary N) is 1. The summed E-state index contributed by atoms with van der Waals surface area (Å²) in [7, 11) is 0. The van der Waals surface area contributed by atoms with Gasteiger partial charge in [0.1, 0.15) is 0 Å². The fourth-order valence-electron chi connectivity index (χ4n) is 1.40. The fraction of sp³-hybridized carbons (Fsp3) is 1.00. The van der Waals surface area contributed by atoms with Crippen LogP contribution in [0.15, 0.2) is 0 Å². The standard InChI is InChI=1S/C7H15NO3/c1-4-6(10)7(2,8)3-5(9)11-4/h4-6,9-10H,3,8H2,1-2H3/t4-,5+,6-,7-/m0/s1. The molecule has 0 aromatic carbocycles. The van der Waals surface area contributed by atoms with Crippen LogP contribution < -0.4 is 5.73 Å². The lowest BCUT2D eigenvalue weighted by molar-refractivity contribution is -0.215. The molecule has 0 unspecified atom stereocenters. The van der Waals surface area contributed by atoms with Gasteiger partial charge in [0, 0.05) is 12.0 Å². The molecule has 1 heterocycles. The Morgan fingerprint density at radius 3 is 2.55 bits per heavy atom. The Kier molecular flexibility index (Phi) is 2.20. The molecule has 4 nitrogen and oxygen atoms in total. The zero-order valence-corrected chi connectivity index (χ0v) is 6.82. The van der Waals surface area contributed by atoms with Crippen LogP contribution in [0.1, 0.15) is 20.3 Å². The molecule has 0 bridgehead atoms. The maximum absolute atomic E-state index is 9.46. The highest BCUT2D eigenvalue weighted by Gasteiger charge is 2.40. The summed E-state index contributed by atoms with van der Waals surface area (Å²) >= 11 is 0. The highest BCUT2D eigenvalue weighted by Crippen LogP contribution is 2.25. The normalized spacial score (nSPS) is 52.6. The zero-order valence-electron chi connectivity index (χ0n) is 6.82. The van der Waals surface area contributed by atoms with E-state index in [-0.39, 0.29) is 6.42 Å². The molecule has 0 aromatic rings. The topological polar surface area (TPSA) is 75.7 Å². The Morgan fingerprint density at radius 1 is 1.55 bits per heavy atom. The van der Waals surface area contributed by atoms with E-state index in [0.29, 0.717) is 0 Å². The summed E-state index contributed by atoms with van der Waals surface area (Å²) in [6.07, 6.45) is -1.67. The number of aliphatic hydroxyl groups is 2. The van der Waals surface area contributed by atoms with Gasteiger partial charge in [-0.15, -0.1) is 0 Å². The second-order valence-corrected chi connectivity index (χ2v) is 3.45. The molecule has 66 valence electrons. The number of ether oxygens (including phenoxy) is 1. The van der Waals surface area contributed by atoms with Crippen molar-refractivity contribution in [3.63, 3.8) is 0 Å². The maximum atomic E-state index is 9.46. The van der Waals surface area contributed by atoms with Gasteiger partial charge in [0.15, 0.2) is 6.29 Å². The Labute approximate surface area is 66.0 Å². The van der Waals surface area contributed by atoms with Crippen LogP contribution in [0.5, 0.6) is 0 Å². The van der Waals surface area contributed by atoms with Gasteiger partial charge >= 0.3 is 0 Å². The van der Waals surface area contributed by atoms with Crippen LogP contribution >= 0.6 is 0 Å². The van der Waals surface area contributed by atoms with Gasteiger partial charge < -0.3 is 20.7 Å². The minimum Gasteiger partial charge on any atom is -0.389 e. The molecule has 1 aliphatic heterocycles. The van der Waals surface area contributed by atoms with Crippen molar-refractivity contribution < 1.29 is 14.9 Å². The first-order valence-electron chi connectivity index (χ1n) is 3.74. The van der Waals surface area contributed by atoms with Crippen LogP contribution in [0.2, 0.25) is 0 Å². The second kappa shape index (κ2) is 2.71. The predicted octanol–water partition coefficient (Wildman–Crippen LogP) is -0.808. The van der Waals surface area contributed by atoms with Crippen LogP contribution in [-0.4, -0.2) is 34.2 Å². The van der Waals surface area contributed by atoms with E-state index in [1.807, 2.05) is 0 Å². The Balaban J connectivity index is 2.67. The first-order valence-corrected chi connectivity index (χ1v) is 3.74. The van der Waals surface area contributed by atoms with E-state index < -0.39 is 24.0 Å². The number of hydrogen-bond donors (Lipinski definition) is 3. The average Bonchev–Trinajstić information content (AvgIpc) is 1.81. The molecule has 4 N–H and O–H groups in total. The van der Waals surface area contributed by atoms with Crippen molar-refractivity contribution in [1.82, 2.24) is 0 Å². The Hall–Kier alpha value is -0.160. The summed E-state index contributed by atoms with van der Waals surface area (Å²) in [5.74, 6) is 0. The molecule has 11 heavy (non-hydrogen) atoms. The van der Waals surface area contributed by atoms with Gasteiger partial charge in [0.2, 0.25) is 0 Å².